The zero-order valence-electron chi connectivity index (χ0n) is 16.3. The van der Waals surface area contributed by atoms with Crippen LogP contribution in [0.15, 0.2) is 29.6 Å². The SMILES string of the molecule is CSc1nc(N2CCOCC2)c2cnn(CCNC(=O)c3c(F)cccc3Cl)c2n1. The van der Waals surface area contributed by atoms with Gasteiger partial charge in [-0.05, 0) is 18.4 Å². The minimum atomic E-state index is -0.656. The molecule has 30 heavy (non-hydrogen) atoms. The van der Waals surface area contributed by atoms with Crippen molar-refractivity contribution in [2.24, 2.45) is 0 Å². The third-order valence-electron chi connectivity index (χ3n) is 4.75. The van der Waals surface area contributed by atoms with Gasteiger partial charge in [-0.1, -0.05) is 29.4 Å². The van der Waals surface area contributed by atoms with Crippen LogP contribution in [0.3, 0.4) is 0 Å². The fourth-order valence-electron chi connectivity index (χ4n) is 3.27. The lowest BCUT2D eigenvalue weighted by Crippen LogP contribution is -2.37. The topological polar surface area (TPSA) is 85.2 Å². The number of fused-ring (bicyclic) bond motifs is 1. The van der Waals surface area contributed by atoms with Gasteiger partial charge in [0.05, 0.1) is 41.9 Å². The van der Waals surface area contributed by atoms with E-state index in [2.05, 4.69) is 25.3 Å². The Labute approximate surface area is 181 Å². The number of thioether (sulfide) groups is 1. The minimum absolute atomic E-state index is 0.0737. The van der Waals surface area contributed by atoms with Crippen LogP contribution >= 0.6 is 23.4 Å². The van der Waals surface area contributed by atoms with Crippen LogP contribution in [-0.4, -0.2) is 64.8 Å². The fraction of sp³-hybridized carbons (Fsp3) is 0.368. The maximum atomic E-state index is 13.9. The summed E-state index contributed by atoms with van der Waals surface area (Å²) in [5.74, 6) is -0.388. The molecule has 3 aromatic rings. The van der Waals surface area contributed by atoms with Gasteiger partial charge in [-0.2, -0.15) is 5.10 Å². The maximum absolute atomic E-state index is 13.9. The number of nitrogens with one attached hydrogen (secondary N) is 1. The predicted molar refractivity (Wildman–Crippen MR) is 114 cm³/mol. The Morgan fingerprint density at radius 2 is 2.13 bits per heavy atom. The molecule has 1 aromatic carbocycles. The minimum Gasteiger partial charge on any atom is -0.378 e. The van der Waals surface area contributed by atoms with Crippen molar-refractivity contribution < 1.29 is 13.9 Å². The highest BCUT2D eigenvalue weighted by molar-refractivity contribution is 7.98. The van der Waals surface area contributed by atoms with E-state index in [1.54, 1.807) is 10.9 Å². The Hall–Kier alpha value is -2.43. The number of rotatable bonds is 6. The number of anilines is 1. The number of carbonyl (C=O) groups excluding carboxylic acids is 1. The first kappa shape index (κ1) is 20.8. The summed E-state index contributed by atoms with van der Waals surface area (Å²) in [6, 6.07) is 4.14. The van der Waals surface area contributed by atoms with E-state index < -0.39 is 11.7 Å². The third kappa shape index (κ3) is 4.21. The highest BCUT2D eigenvalue weighted by Crippen LogP contribution is 2.27. The zero-order chi connectivity index (χ0) is 21.1. The molecule has 0 aliphatic carbocycles. The quantitative estimate of drug-likeness (QED) is 0.456. The van der Waals surface area contributed by atoms with Crippen molar-refractivity contribution in [2.45, 2.75) is 11.7 Å². The van der Waals surface area contributed by atoms with Gasteiger partial charge >= 0.3 is 0 Å². The Morgan fingerprint density at radius 3 is 2.87 bits per heavy atom. The highest BCUT2D eigenvalue weighted by atomic mass is 35.5. The molecule has 1 aliphatic heterocycles. The van der Waals surface area contributed by atoms with Gasteiger partial charge in [0.15, 0.2) is 10.8 Å². The van der Waals surface area contributed by atoms with Crippen molar-refractivity contribution in [1.82, 2.24) is 25.1 Å². The monoisotopic (exact) mass is 450 g/mol. The summed E-state index contributed by atoms with van der Waals surface area (Å²) in [7, 11) is 0. The first-order valence-corrected chi connectivity index (χ1v) is 11.0. The standard InChI is InChI=1S/C19H20ClFN6O2S/c1-30-19-24-16(26-7-9-29-10-8-26)12-11-23-27(17(12)25-19)6-5-22-18(28)15-13(20)3-2-4-14(15)21/h2-4,11H,5-10H2,1H3,(H,22,28). The van der Waals surface area contributed by atoms with Crippen LogP contribution in [0.25, 0.3) is 11.0 Å². The molecule has 1 fully saturated rings. The Morgan fingerprint density at radius 1 is 1.33 bits per heavy atom. The summed E-state index contributed by atoms with van der Waals surface area (Å²) in [6.45, 7) is 3.42. The molecule has 0 radical (unpaired) electrons. The summed E-state index contributed by atoms with van der Waals surface area (Å²) in [6.07, 6.45) is 3.66. The van der Waals surface area contributed by atoms with E-state index in [1.807, 2.05) is 6.26 Å². The van der Waals surface area contributed by atoms with Gasteiger partial charge in [0.1, 0.15) is 11.6 Å². The summed E-state index contributed by atoms with van der Waals surface area (Å²) < 4.78 is 21.1. The number of carbonyl (C=O) groups is 1. The van der Waals surface area contributed by atoms with Crippen molar-refractivity contribution in [3.8, 4) is 0 Å². The van der Waals surface area contributed by atoms with E-state index in [0.29, 0.717) is 30.6 Å². The van der Waals surface area contributed by atoms with Crippen molar-refractivity contribution in [3.05, 3.63) is 40.8 Å². The van der Waals surface area contributed by atoms with Gasteiger partial charge in [0.25, 0.3) is 5.91 Å². The fourth-order valence-corrected chi connectivity index (χ4v) is 3.87. The van der Waals surface area contributed by atoms with E-state index in [-0.39, 0.29) is 17.1 Å². The molecule has 0 spiro atoms. The van der Waals surface area contributed by atoms with Gasteiger partial charge in [-0.15, -0.1) is 0 Å². The van der Waals surface area contributed by atoms with Gasteiger partial charge < -0.3 is 15.0 Å². The van der Waals surface area contributed by atoms with Crippen LogP contribution in [0.1, 0.15) is 10.4 Å². The molecule has 4 rings (SSSR count). The molecule has 1 N–H and O–H groups in total. The smallest absolute Gasteiger partial charge is 0.255 e. The van der Waals surface area contributed by atoms with Crippen molar-refractivity contribution in [2.75, 3.05) is 44.0 Å². The summed E-state index contributed by atoms with van der Waals surface area (Å²) in [5.41, 5.74) is 0.528. The van der Waals surface area contributed by atoms with Gasteiger partial charge in [-0.25, -0.2) is 19.0 Å². The Kier molecular flexibility index (Phi) is 6.35. The Balaban J connectivity index is 1.53. The van der Waals surface area contributed by atoms with Crippen molar-refractivity contribution in [3.63, 3.8) is 0 Å². The Bertz CT molecular complexity index is 1050. The zero-order valence-corrected chi connectivity index (χ0v) is 17.8. The third-order valence-corrected chi connectivity index (χ3v) is 5.61. The number of benzene rings is 1. The van der Waals surface area contributed by atoms with E-state index in [1.165, 1.54) is 30.0 Å². The normalized spacial score (nSPS) is 14.3. The molecule has 2 aromatic heterocycles. The van der Waals surface area contributed by atoms with E-state index in [4.69, 9.17) is 16.3 Å². The number of ether oxygens (including phenoxy) is 1. The molecular weight excluding hydrogens is 431 g/mol. The molecule has 158 valence electrons. The van der Waals surface area contributed by atoms with Crippen molar-refractivity contribution in [1.29, 1.82) is 0 Å². The molecule has 0 bridgehead atoms. The number of aromatic nitrogens is 4. The second-order valence-electron chi connectivity index (χ2n) is 6.59. The van der Waals surface area contributed by atoms with Gasteiger partial charge in [0.2, 0.25) is 0 Å². The largest absolute Gasteiger partial charge is 0.378 e. The van der Waals surface area contributed by atoms with Crippen LogP contribution in [0.5, 0.6) is 0 Å². The molecular formula is C19H20ClFN6O2S. The molecule has 0 unspecified atom stereocenters. The number of amides is 1. The average molecular weight is 451 g/mol. The number of hydrogen-bond donors (Lipinski definition) is 1. The predicted octanol–water partition coefficient (Wildman–Crippen LogP) is 2.61. The molecule has 1 saturated heterocycles. The molecule has 11 heteroatoms. The molecule has 1 amide bonds. The lowest BCUT2D eigenvalue weighted by Gasteiger charge is -2.28. The van der Waals surface area contributed by atoms with Crippen LogP contribution < -0.4 is 10.2 Å². The summed E-state index contributed by atoms with van der Waals surface area (Å²) in [4.78, 5) is 23.8. The molecule has 1 aliphatic rings. The first-order chi connectivity index (χ1) is 14.6. The molecule has 8 nitrogen and oxygen atoms in total. The van der Waals surface area contributed by atoms with Crippen LogP contribution in [-0.2, 0) is 11.3 Å². The first-order valence-electron chi connectivity index (χ1n) is 9.41. The molecule has 0 atom stereocenters. The van der Waals surface area contributed by atoms with Gasteiger partial charge in [-0.3, -0.25) is 4.79 Å². The van der Waals surface area contributed by atoms with Gasteiger partial charge in [0, 0.05) is 19.6 Å². The van der Waals surface area contributed by atoms with Crippen molar-refractivity contribution >= 4 is 46.1 Å². The van der Waals surface area contributed by atoms with E-state index >= 15 is 0 Å². The number of morpholine rings is 1. The maximum Gasteiger partial charge on any atom is 0.255 e. The van der Waals surface area contributed by atoms with Crippen LogP contribution in [0.2, 0.25) is 5.02 Å². The molecule has 0 saturated carbocycles. The summed E-state index contributed by atoms with van der Waals surface area (Å²) in [5, 5.41) is 8.68. The van der Waals surface area contributed by atoms with Crippen LogP contribution in [0, 0.1) is 5.82 Å². The lowest BCUT2D eigenvalue weighted by atomic mass is 10.2. The highest BCUT2D eigenvalue weighted by Gasteiger charge is 2.20. The average Bonchev–Trinajstić information content (AvgIpc) is 3.16. The number of nitrogens with zero attached hydrogens (tertiary/aromatic N) is 5. The van der Waals surface area contributed by atoms with E-state index in [9.17, 15) is 9.18 Å². The lowest BCUT2D eigenvalue weighted by molar-refractivity contribution is 0.0948. The summed E-state index contributed by atoms with van der Waals surface area (Å²) >= 11 is 7.41. The number of hydrogen-bond acceptors (Lipinski definition) is 7. The molecule has 3 heterocycles. The van der Waals surface area contributed by atoms with Crippen LogP contribution in [0.4, 0.5) is 10.2 Å². The number of halogens is 2. The van der Waals surface area contributed by atoms with E-state index in [0.717, 1.165) is 24.3 Å². The second-order valence-corrected chi connectivity index (χ2v) is 7.77. The second kappa shape index (κ2) is 9.15.